The van der Waals surface area contributed by atoms with Crippen molar-refractivity contribution in [2.24, 2.45) is 0 Å². The van der Waals surface area contributed by atoms with E-state index in [4.69, 9.17) is 9.47 Å². The number of aromatic hydroxyl groups is 2. The summed E-state index contributed by atoms with van der Waals surface area (Å²) in [6, 6.07) is 14.6. The first-order valence-electron chi connectivity index (χ1n) is 11.3. The molecule has 4 aromatic rings. The zero-order valence-corrected chi connectivity index (χ0v) is 20.1. The molecule has 4 N–H and O–H groups in total. The first kappa shape index (κ1) is 24.6. The molecule has 10 heteroatoms. The van der Waals surface area contributed by atoms with Gasteiger partial charge in [0.15, 0.2) is 11.6 Å². The summed E-state index contributed by atoms with van der Waals surface area (Å²) in [6.45, 7) is 0. The van der Waals surface area contributed by atoms with Crippen LogP contribution in [0, 0.1) is 11.6 Å². The van der Waals surface area contributed by atoms with Gasteiger partial charge in [0, 0.05) is 11.4 Å². The van der Waals surface area contributed by atoms with E-state index in [1.807, 2.05) is 0 Å². The highest BCUT2D eigenvalue weighted by molar-refractivity contribution is 6.31. The highest BCUT2D eigenvalue weighted by Gasteiger charge is 2.41. The predicted molar refractivity (Wildman–Crippen MR) is 136 cm³/mol. The Labute approximate surface area is 215 Å². The number of halogens is 2. The molecule has 5 rings (SSSR count). The number of phenolic OH excluding ortho intramolecular Hbond substituents is 2. The Morgan fingerprint density at radius 2 is 0.921 bits per heavy atom. The molecule has 1 aliphatic carbocycles. The molecule has 8 nitrogen and oxygen atoms in total. The lowest BCUT2D eigenvalue weighted by Gasteiger charge is -2.24. The van der Waals surface area contributed by atoms with Crippen LogP contribution in [0.5, 0.6) is 23.0 Å². The maximum absolute atomic E-state index is 16.2. The van der Waals surface area contributed by atoms with E-state index in [0.717, 1.165) is 12.1 Å². The van der Waals surface area contributed by atoms with Gasteiger partial charge in [-0.3, -0.25) is 9.59 Å². The fraction of sp³-hybridized carbons (Fsp3) is 0.0714. The van der Waals surface area contributed by atoms with Gasteiger partial charge in [-0.2, -0.15) is 0 Å². The molecular weight excluding hydrogens is 498 g/mol. The molecule has 0 fully saturated rings. The highest BCUT2D eigenvalue weighted by Crippen LogP contribution is 2.45. The van der Waals surface area contributed by atoms with Gasteiger partial charge >= 0.3 is 0 Å². The van der Waals surface area contributed by atoms with Crippen molar-refractivity contribution < 1.29 is 38.1 Å². The third kappa shape index (κ3) is 3.92. The molecule has 0 radical (unpaired) electrons. The molecule has 0 spiro atoms. The number of methoxy groups -OCH3 is 2. The maximum atomic E-state index is 16.2. The molecule has 0 saturated carbocycles. The molecule has 192 valence electrons. The van der Waals surface area contributed by atoms with Crippen molar-refractivity contribution in [1.82, 2.24) is 0 Å². The van der Waals surface area contributed by atoms with Gasteiger partial charge in [0.05, 0.1) is 36.5 Å². The molecule has 4 aromatic carbocycles. The Morgan fingerprint density at radius 1 is 0.579 bits per heavy atom. The van der Waals surface area contributed by atoms with Crippen LogP contribution in [0.25, 0.3) is 0 Å². The summed E-state index contributed by atoms with van der Waals surface area (Å²) in [5, 5.41) is 26.1. The van der Waals surface area contributed by atoms with Crippen molar-refractivity contribution in [2.45, 2.75) is 0 Å². The van der Waals surface area contributed by atoms with Gasteiger partial charge in [-0.05, 0) is 60.7 Å². The minimum Gasteiger partial charge on any atom is -0.507 e. The number of nitrogens with one attached hydrogen (secondary N) is 2. The Kier molecular flexibility index (Phi) is 6.08. The number of carbonyl (C=O) groups excluding carboxylic acids is 2. The van der Waals surface area contributed by atoms with E-state index in [2.05, 4.69) is 10.6 Å². The van der Waals surface area contributed by atoms with E-state index >= 15 is 8.78 Å². The number of carbonyl (C=O) groups is 2. The largest absolute Gasteiger partial charge is 0.507 e. The van der Waals surface area contributed by atoms with Crippen molar-refractivity contribution in [3.05, 3.63) is 94.6 Å². The van der Waals surface area contributed by atoms with Crippen molar-refractivity contribution >= 4 is 34.3 Å². The zero-order valence-electron chi connectivity index (χ0n) is 20.1. The summed E-state index contributed by atoms with van der Waals surface area (Å²) in [6.07, 6.45) is 0. The number of ketones is 2. The van der Waals surface area contributed by atoms with Crippen molar-refractivity contribution in [1.29, 1.82) is 0 Å². The second-order valence-corrected chi connectivity index (χ2v) is 8.35. The van der Waals surface area contributed by atoms with Gasteiger partial charge in [0.1, 0.15) is 34.4 Å². The predicted octanol–water partition coefficient (Wildman–Crippen LogP) is 5.66. The van der Waals surface area contributed by atoms with Crippen LogP contribution in [0.3, 0.4) is 0 Å². The number of hydrogen-bond acceptors (Lipinski definition) is 8. The van der Waals surface area contributed by atoms with Crippen LogP contribution in [0.2, 0.25) is 0 Å². The van der Waals surface area contributed by atoms with Gasteiger partial charge in [-0.1, -0.05) is 0 Å². The number of phenols is 2. The lowest BCUT2D eigenvalue weighted by molar-refractivity contribution is 0.0967. The van der Waals surface area contributed by atoms with Crippen LogP contribution in [-0.2, 0) is 0 Å². The van der Waals surface area contributed by atoms with Gasteiger partial charge in [0.25, 0.3) is 0 Å². The van der Waals surface area contributed by atoms with E-state index in [1.54, 1.807) is 48.5 Å². The molecule has 1 aliphatic rings. The molecule has 0 heterocycles. The smallest absolute Gasteiger partial charge is 0.201 e. The van der Waals surface area contributed by atoms with Crippen molar-refractivity contribution in [2.75, 3.05) is 24.9 Å². The second kappa shape index (κ2) is 9.40. The quantitative estimate of drug-likeness (QED) is 0.213. The standard InChI is InChI=1S/C28H20F2N2O6/c1-37-15-7-3-13(4-8-15)31-25-23(29)21-22(24(30)26(25)32-14-5-9-16(38-2)10-6-14)28(36)20-18(34)12-11-17(33)19(20)27(21)35/h3-12,31-34H,1-2H3. The summed E-state index contributed by atoms with van der Waals surface area (Å²) < 4.78 is 42.6. The normalized spacial score (nSPS) is 12.0. The van der Waals surface area contributed by atoms with E-state index in [-0.39, 0.29) is 0 Å². The Hall–Kier alpha value is -5.12. The van der Waals surface area contributed by atoms with Crippen LogP contribution in [0.15, 0.2) is 60.7 Å². The van der Waals surface area contributed by atoms with Gasteiger partial charge in [-0.25, -0.2) is 8.78 Å². The van der Waals surface area contributed by atoms with Gasteiger partial charge in [-0.15, -0.1) is 0 Å². The lowest BCUT2D eigenvalue weighted by atomic mass is 9.81. The third-order valence-corrected chi connectivity index (χ3v) is 6.17. The van der Waals surface area contributed by atoms with Crippen LogP contribution in [0.4, 0.5) is 31.5 Å². The second-order valence-electron chi connectivity index (χ2n) is 8.35. The van der Waals surface area contributed by atoms with E-state index < -0.39 is 68.3 Å². The van der Waals surface area contributed by atoms with Crippen LogP contribution in [-0.4, -0.2) is 36.0 Å². The molecule has 0 aliphatic heterocycles. The molecule has 0 bridgehead atoms. The zero-order chi connectivity index (χ0) is 27.1. The molecule has 0 saturated heterocycles. The summed E-state index contributed by atoms with van der Waals surface area (Å²) in [4.78, 5) is 26.6. The Bertz CT molecular complexity index is 1480. The maximum Gasteiger partial charge on any atom is 0.201 e. The van der Waals surface area contributed by atoms with Gasteiger partial charge < -0.3 is 30.3 Å². The molecule has 0 aromatic heterocycles. The summed E-state index contributed by atoms with van der Waals surface area (Å²) in [5.41, 5.74) is -3.18. The van der Waals surface area contributed by atoms with Crippen LogP contribution >= 0.6 is 0 Å². The minimum absolute atomic E-state index is 0.331. The number of fused-ring (bicyclic) bond motifs is 2. The average molecular weight is 518 g/mol. The lowest BCUT2D eigenvalue weighted by Crippen LogP contribution is -2.26. The molecule has 0 amide bonds. The van der Waals surface area contributed by atoms with Crippen LogP contribution in [0.1, 0.15) is 31.8 Å². The molecule has 0 atom stereocenters. The number of ether oxygens (including phenoxy) is 2. The fourth-order valence-electron chi connectivity index (χ4n) is 4.28. The van der Waals surface area contributed by atoms with E-state index in [0.29, 0.717) is 22.9 Å². The first-order chi connectivity index (χ1) is 18.2. The minimum atomic E-state index is -1.22. The van der Waals surface area contributed by atoms with E-state index in [9.17, 15) is 19.8 Å². The SMILES string of the molecule is COc1ccc(Nc2c(F)c3c(c(F)c2Nc2ccc(OC)cc2)C(=O)c2c(O)ccc(O)c2C3=O)cc1. The summed E-state index contributed by atoms with van der Waals surface area (Å²) in [7, 11) is 2.96. The number of benzene rings is 4. The number of anilines is 4. The topological polar surface area (TPSA) is 117 Å². The molecule has 0 unspecified atom stereocenters. The number of hydrogen-bond donors (Lipinski definition) is 4. The highest BCUT2D eigenvalue weighted by atomic mass is 19.1. The Morgan fingerprint density at radius 3 is 1.24 bits per heavy atom. The van der Waals surface area contributed by atoms with Gasteiger partial charge in [0.2, 0.25) is 11.6 Å². The molecular formula is C28H20F2N2O6. The summed E-state index contributed by atoms with van der Waals surface area (Å²) >= 11 is 0. The fourth-order valence-corrected chi connectivity index (χ4v) is 4.28. The monoisotopic (exact) mass is 518 g/mol. The average Bonchev–Trinajstić information content (AvgIpc) is 2.93. The Balaban J connectivity index is 1.73. The third-order valence-electron chi connectivity index (χ3n) is 6.17. The molecule has 38 heavy (non-hydrogen) atoms. The van der Waals surface area contributed by atoms with Crippen molar-refractivity contribution in [3.8, 4) is 23.0 Å². The number of rotatable bonds is 6. The van der Waals surface area contributed by atoms with Crippen molar-refractivity contribution in [3.63, 3.8) is 0 Å². The van der Waals surface area contributed by atoms with Crippen LogP contribution < -0.4 is 20.1 Å². The summed E-state index contributed by atoms with van der Waals surface area (Å²) in [5.74, 6) is -4.98. The first-order valence-corrected chi connectivity index (χ1v) is 11.3. The van der Waals surface area contributed by atoms with E-state index in [1.165, 1.54) is 14.2 Å².